The predicted molar refractivity (Wildman–Crippen MR) is 96.7 cm³/mol. The van der Waals surface area contributed by atoms with Crippen LogP contribution in [0.4, 0.5) is 0 Å². The molecule has 0 aliphatic heterocycles. The van der Waals surface area contributed by atoms with Crippen LogP contribution in [-0.4, -0.2) is 16.9 Å². The van der Waals surface area contributed by atoms with Crippen molar-refractivity contribution < 1.29 is 4.79 Å². The van der Waals surface area contributed by atoms with E-state index >= 15 is 0 Å². The van der Waals surface area contributed by atoms with E-state index in [4.69, 9.17) is 0 Å². The minimum atomic E-state index is -0.142. The maximum atomic E-state index is 12.1. The summed E-state index contributed by atoms with van der Waals surface area (Å²) in [5, 5.41) is 4.80. The molecule has 1 aliphatic rings. The van der Waals surface area contributed by atoms with Gasteiger partial charge < -0.3 is 0 Å². The lowest BCUT2D eigenvalue weighted by Crippen LogP contribution is -2.21. The molecule has 4 heteroatoms. The molecular weight excluding hydrogens is 304 g/mol. The Hall–Kier alpha value is -2.07. The standard InChI is InChI=1S/C19H20N2OS/c22-19(16-10-5-2-6-11-16)21-20-17-12-7-13-18(17)23-14-15-8-3-1-4-9-15/h1-6,8-11,18H,7,12-14H2,(H,21,22)/b20-17+. The van der Waals surface area contributed by atoms with Crippen molar-refractivity contribution >= 4 is 23.4 Å². The Morgan fingerprint density at radius 1 is 1.09 bits per heavy atom. The highest BCUT2D eigenvalue weighted by Crippen LogP contribution is 2.30. The van der Waals surface area contributed by atoms with E-state index in [1.807, 2.05) is 36.0 Å². The van der Waals surface area contributed by atoms with Crippen LogP contribution in [0.1, 0.15) is 35.2 Å². The summed E-state index contributed by atoms with van der Waals surface area (Å²) in [5.74, 6) is 0.841. The van der Waals surface area contributed by atoms with Crippen LogP contribution < -0.4 is 5.43 Å². The highest BCUT2D eigenvalue weighted by molar-refractivity contribution is 7.99. The number of hydrogen-bond donors (Lipinski definition) is 1. The van der Waals surface area contributed by atoms with Gasteiger partial charge in [-0.05, 0) is 37.0 Å². The van der Waals surface area contributed by atoms with Gasteiger partial charge in [0.1, 0.15) is 0 Å². The number of benzene rings is 2. The second-order valence-corrected chi connectivity index (χ2v) is 6.78. The van der Waals surface area contributed by atoms with E-state index in [-0.39, 0.29) is 5.91 Å². The molecular formula is C19H20N2OS. The molecule has 1 atom stereocenters. The average Bonchev–Trinajstić information content (AvgIpc) is 3.07. The molecule has 1 aliphatic carbocycles. The molecule has 1 saturated carbocycles. The van der Waals surface area contributed by atoms with Crippen LogP contribution in [0.25, 0.3) is 0 Å². The van der Waals surface area contributed by atoms with E-state index in [1.54, 1.807) is 12.1 Å². The summed E-state index contributed by atoms with van der Waals surface area (Å²) >= 11 is 1.91. The van der Waals surface area contributed by atoms with Crippen molar-refractivity contribution in [3.63, 3.8) is 0 Å². The Bertz CT molecular complexity index is 670. The average molecular weight is 324 g/mol. The topological polar surface area (TPSA) is 41.5 Å². The minimum Gasteiger partial charge on any atom is -0.267 e. The molecule has 0 aromatic heterocycles. The summed E-state index contributed by atoms with van der Waals surface area (Å²) in [7, 11) is 0. The Labute approximate surface area is 141 Å². The van der Waals surface area contributed by atoms with Crippen LogP contribution in [0.5, 0.6) is 0 Å². The molecule has 3 rings (SSSR count). The Kier molecular flexibility index (Phi) is 5.48. The molecule has 3 nitrogen and oxygen atoms in total. The number of hydrogen-bond acceptors (Lipinski definition) is 3. The van der Waals surface area contributed by atoms with E-state index in [0.717, 1.165) is 30.7 Å². The second-order valence-electron chi connectivity index (χ2n) is 5.59. The first kappa shape index (κ1) is 15.8. The van der Waals surface area contributed by atoms with Gasteiger partial charge in [0, 0.05) is 16.6 Å². The quantitative estimate of drug-likeness (QED) is 0.835. The van der Waals surface area contributed by atoms with Gasteiger partial charge in [-0.1, -0.05) is 48.5 Å². The zero-order chi connectivity index (χ0) is 15.9. The first-order valence-electron chi connectivity index (χ1n) is 7.90. The Morgan fingerprint density at radius 3 is 2.52 bits per heavy atom. The maximum absolute atomic E-state index is 12.1. The van der Waals surface area contributed by atoms with Crippen LogP contribution in [0, 0.1) is 0 Å². The summed E-state index contributed by atoms with van der Waals surface area (Å²) < 4.78 is 0. The summed E-state index contributed by atoms with van der Waals surface area (Å²) in [5.41, 5.74) is 5.78. The fourth-order valence-electron chi connectivity index (χ4n) is 2.65. The summed E-state index contributed by atoms with van der Waals surface area (Å²) in [6.45, 7) is 0. The van der Waals surface area contributed by atoms with Crippen LogP contribution in [0.2, 0.25) is 0 Å². The number of amides is 1. The third kappa shape index (κ3) is 4.45. The summed E-state index contributed by atoms with van der Waals surface area (Å²) in [6, 6.07) is 19.7. The third-order valence-corrected chi connectivity index (χ3v) is 5.31. The Morgan fingerprint density at radius 2 is 1.78 bits per heavy atom. The lowest BCUT2D eigenvalue weighted by atomic mass is 10.2. The largest absolute Gasteiger partial charge is 0.271 e. The number of nitrogens with one attached hydrogen (secondary N) is 1. The van der Waals surface area contributed by atoms with Crippen molar-refractivity contribution in [2.75, 3.05) is 0 Å². The van der Waals surface area contributed by atoms with Gasteiger partial charge in [0.25, 0.3) is 5.91 Å². The highest BCUT2D eigenvalue weighted by Gasteiger charge is 2.23. The van der Waals surface area contributed by atoms with Crippen LogP contribution in [-0.2, 0) is 5.75 Å². The number of hydrazone groups is 1. The van der Waals surface area contributed by atoms with E-state index in [2.05, 4.69) is 34.8 Å². The number of carbonyl (C=O) groups is 1. The molecule has 2 aromatic carbocycles. The van der Waals surface area contributed by atoms with Crippen molar-refractivity contribution in [3.8, 4) is 0 Å². The van der Waals surface area contributed by atoms with Gasteiger partial charge >= 0.3 is 0 Å². The van der Waals surface area contributed by atoms with E-state index in [0.29, 0.717) is 10.8 Å². The van der Waals surface area contributed by atoms with Crippen molar-refractivity contribution in [1.82, 2.24) is 5.43 Å². The van der Waals surface area contributed by atoms with Crippen molar-refractivity contribution in [1.29, 1.82) is 0 Å². The van der Waals surface area contributed by atoms with Gasteiger partial charge in [-0.3, -0.25) is 4.79 Å². The van der Waals surface area contributed by atoms with Gasteiger partial charge in [0.2, 0.25) is 0 Å². The fraction of sp³-hybridized carbons (Fsp3) is 0.263. The lowest BCUT2D eigenvalue weighted by Gasteiger charge is -2.11. The predicted octanol–water partition coefficient (Wildman–Crippen LogP) is 4.26. The number of carbonyl (C=O) groups excluding carboxylic acids is 1. The van der Waals surface area contributed by atoms with Crippen molar-refractivity contribution in [2.24, 2.45) is 5.10 Å². The monoisotopic (exact) mass is 324 g/mol. The molecule has 0 radical (unpaired) electrons. The van der Waals surface area contributed by atoms with Gasteiger partial charge in [-0.15, -0.1) is 11.8 Å². The smallest absolute Gasteiger partial charge is 0.267 e. The van der Waals surface area contributed by atoms with Gasteiger partial charge in [0.15, 0.2) is 0 Å². The van der Waals surface area contributed by atoms with Crippen LogP contribution in [0.3, 0.4) is 0 Å². The van der Waals surface area contributed by atoms with E-state index < -0.39 is 0 Å². The highest BCUT2D eigenvalue weighted by atomic mass is 32.2. The molecule has 118 valence electrons. The zero-order valence-corrected chi connectivity index (χ0v) is 13.8. The first-order valence-corrected chi connectivity index (χ1v) is 8.95. The molecule has 1 amide bonds. The molecule has 1 unspecified atom stereocenters. The van der Waals surface area contributed by atoms with Crippen LogP contribution in [0.15, 0.2) is 65.8 Å². The normalized spacial score (nSPS) is 19.0. The molecule has 23 heavy (non-hydrogen) atoms. The molecule has 0 bridgehead atoms. The first-order chi connectivity index (χ1) is 11.3. The zero-order valence-electron chi connectivity index (χ0n) is 12.9. The van der Waals surface area contributed by atoms with Gasteiger partial charge in [-0.25, -0.2) is 5.43 Å². The maximum Gasteiger partial charge on any atom is 0.271 e. The number of nitrogens with zero attached hydrogens (tertiary/aromatic N) is 1. The van der Waals surface area contributed by atoms with Crippen molar-refractivity contribution in [3.05, 3.63) is 71.8 Å². The summed E-state index contributed by atoms with van der Waals surface area (Å²) in [6.07, 6.45) is 3.26. The SMILES string of the molecule is O=C(N/N=C1\CCCC1SCc1ccccc1)c1ccccc1. The molecule has 1 fully saturated rings. The van der Waals surface area contributed by atoms with Gasteiger partial charge in [-0.2, -0.15) is 5.10 Å². The summed E-state index contributed by atoms with van der Waals surface area (Å²) in [4.78, 5) is 12.1. The molecule has 1 N–H and O–H groups in total. The molecule has 0 heterocycles. The van der Waals surface area contributed by atoms with Gasteiger partial charge in [0.05, 0.1) is 5.71 Å². The fourth-order valence-corrected chi connectivity index (χ4v) is 3.93. The van der Waals surface area contributed by atoms with Crippen LogP contribution >= 0.6 is 11.8 Å². The lowest BCUT2D eigenvalue weighted by molar-refractivity contribution is 0.0954. The molecule has 2 aromatic rings. The minimum absolute atomic E-state index is 0.142. The molecule has 0 spiro atoms. The second kappa shape index (κ2) is 7.97. The number of thioether (sulfide) groups is 1. The van der Waals surface area contributed by atoms with E-state index in [9.17, 15) is 4.79 Å². The van der Waals surface area contributed by atoms with E-state index in [1.165, 1.54) is 5.56 Å². The third-order valence-electron chi connectivity index (χ3n) is 3.90. The molecule has 0 saturated heterocycles. The Balaban J connectivity index is 1.57. The van der Waals surface area contributed by atoms with Crippen molar-refractivity contribution in [2.45, 2.75) is 30.3 Å². The number of rotatable bonds is 5.